The third-order valence-corrected chi connectivity index (χ3v) is 6.70. The lowest BCUT2D eigenvalue weighted by molar-refractivity contribution is -0.130. The van der Waals surface area contributed by atoms with Crippen molar-refractivity contribution in [3.05, 3.63) is 29.8 Å². The summed E-state index contributed by atoms with van der Waals surface area (Å²) < 4.78 is 5.44. The van der Waals surface area contributed by atoms with Gasteiger partial charge in [0.2, 0.25) is 5.91 Å². The third kappa shape index (κ3) is 6.49. The van der Waals surface area contributed by atoms with Gasteiger partial charge in [-0.2, -0.15) is 0 Å². The van der Waals surface area contributed by atoms with Gasteiger partial charge in [-0.05, 0) is 37.3 Å². The quantitative estimate of drug-likeness (QED) is 0.541. The van der Waals surface area contributed by atoms with E-state index in [0.29, 0.717) is 22.3 Å². The van der Waals surface area contributed by atoms with Crippen LogP contribution in [0.25, 0.3) is 0 Å². The Morgan fingerprint density at radius 1 is 1.21 bits per heavy atom. The smallest absolute Gasteiger partial charge is 0.340 e. The van der Waals surface area contributed by atoms with Crippen LogP contribution in [0.2, 0.25) is 0 Å². The first-order chi connectivity index (χ1) is 13.7. The van der Waals surface area contributed by atoms with Crippen molar-refractivity contribution in [1.29, 1.82) is 0 Å². The molecule has 0 heterocycles. The fourth-order valence-electron chi connectivity index (χ4n) is 3.39. The van der Waals surface area contributed by atoms with Crippen molar-refractivity contribution in [1.82, 2.24) is 10.2 Å². The molecule has 0 bridgehead atoms. The molecular formula is C22H32N2O4S. The molecule has 0 aliphatic heterocycles. The Bertz CT molecular complexity index is 737. The lowest BCUT2D eigenvalue weighted by Gasteiger charge is -2.35. The number of ether oxygens (including phenoxy) is 1. The average molecular weight is 421 g/mol. The van der Waals surface area contributed by atoms with Gasteiger partial charge in [0.25, 0.3) is 5.91 Å². The van der Waals surface area contributed by atoms with Gasteiger partial charge in [-0.25, -0.2) is 4.79 Å². The summed E-state index contributed by atoms with van der Waals surface area (Å²) in [5.74, 6) is 0.338. The van der Waals surface area contributed by atoms with Crippen LogP contribution in [-0.4, -0.2) is 54.7 Å². The Hall–Kier alpha value is -2.02. The number of nitrogens with zero attached hydrogens (tertiary/aromatic N) is 1. The van der Waals surface area contributed by atoms with Crippen molar-refractivity contribution >= 4 is 29.5 Å². The molecule has 0 radical (unpaired) electrons. The molecule has 7 heteroatoms. The van der Waals surface area contributed by atoms with Gasteiger partial charge in [-0.3, -0.25) is 9.59 Å². The Balaban J connectivity index is 1.97. The van der Waals surface area contributed by atoms with Gasteiger partial charge < -0.3 is 15.0 Å². The molecular weight excluding hydrogens is 388 g/mol. The van der Waals surface area contributed by atoms with Crippen LogP contribution in [0.5, 0.6) is 0 Å². The molecule has 1 aromatic carbocycles. The first-order valence-electron chi connectivity index (χ1n) is 10.1. The van der Waals surface area contributed by atoms with E-state index in [-0.39, 0.29) is 23.6 Å². The molecule has 6 nitrogen and oxygen atoms in total. The number of carbonyl (C=O) groups excluding carboxylic acids is 3. The van der Waals surface area contributed by atoms with Gasteiger partial charge in [0.05, 0.1) is 11.3 Å². The molecule has 2 rings (SSSR count). The number of amides is 2. The van der Waals surface area contributed by atoms with E-state index in [0.717, 1.165) is 12.8 Å². The highest BCUT2D eigenvalue weighted by molar-refractivity contribution is 8.00. The topological polar surface area (TPSA) is 75.7 Å². The maximum atomic E-state index is 12.7. The van der Waals surface area contributed by atoms with Gasteiger partial charge >= 0.3 is 5.97 Å². The van der Waals surface area contributed by atoms with E-state index in [4.69, 9.17) is 4.74 Å². The Kier molecular flexibility index (Phi) is 8.56. The van der Waals surface area contributed by atoms with Crippen LogP contribution in [0.15, 0.2) is 29.2 Å². The first kappa shape index (κ1) is 23.3. The average Bonchev–Trinajstić information content (AvgIpc) is 2.69. The molecule has 1 aliphatic rings. The number of hydrogen-bond donors (Lipinski definition) is 1. The highest BCUT2D eigenvalue weighted by Gasteiger charge is 2.30. The molecule has 29 heavy (non-hydrogen) atoms. The normalized spacial score (nSPS) is 22.4. The molecule has 1 aromatic rings. The lowest BCUT2D eigenvalue weighted by Crippen LogP contribution is -2.47. The maximum Gasteiger partial charge on any atom is 0.340 e. The Morgan fingerprint density at radius 3 is 2.59 bits per heavy atom. The van der Waals surface area contributed by atoms with E-state index >= 15 is 0 Å². The predicted octanol–water partition coefficient (Wildman–Crippen LogP) is 3.35. The van der Waals surface area contributed by atoms with E-state index < -0.39 is 12.1 Å². The minimum Gasteiger partial charge on any atom is -0.449 e. The van der Waals surface area contributed by atoms with E-state index in [1.54, 1.807) is 45.3 Å². The zero-order valence-electron chi connectivity index (χ0n) is 17.9. The molecule has 2 amide bonds. The zero-order chi connectivity index (χ0) is 21.6. The van der Waals surface area contributed by atoms with Gasteiger partial charge in [-0.1, -0.05) is 38.8 Å². The SMILES string of the molecule is C[C@H]1[C@@H](NC(=O)[C@@H](C)OC(=O)c2ccccc2SCC(=O)N(C)C)CCC[C@@H]1C. The molecule has 160 valence electrons. The van der Waals surface area contributed by atoms with Crippen LogP contribution >= 0.6 is 11.8 Å². The van der Waals surface area contributed by atoms with Gasteiger partial charge in [0.15, 0.2) is 6.10 Å². The minimum atomic E-state index is -0.881. The number of rotatable bonds is 7. The number of benzene rings is 1. The molecule has 1 saturated carbocycles. The first-order valence-corrected chi connectivity index (χ1v) is 11.1. The summed E-state index contributed by atoms with van der Waals surface area (Å²) in [6, 6.07) is 7.10. The van der Waals surface area contributed by atoms with Crippen LogP contribution in [0.1, 0.15) is 50.4 Å². The molecule has 0 saturated heterocycles. The molecule has 0 unspecified atom stereocenters. The van der Waals surface area contributed by atoms with Crippen molar-refractivity contribution in [2.75, 3.05) is 19.8 Å². The van der Waals surface area contributed by atoms with E-state index in [2.05, 4.69) is 19.2 Å². The number of nitrogens with one attached hydrogen (secondary N) is 1. The number of thioether (sulfide) groups is 1. The van der Waals surface area contributed by atoms with Gasteiger partial charge in [0, 0.05) is 25.0 Å². The van der Waals surface area contributed by atoms with E-state index in [9.17, 15) is 14.4 Å². The van der Waals surface area contributed by atoms with Crippen molar-refractivity contribution in [2.45, 2.75) is 57.1 Å². The van der Waals surface area contributed by atoms with Crippen molar-refractivity contribution < 1.29 is 19.1 Å². The molecule has 1 fully saturated rings. The summed E-state index contributed by atoms with van der Waals surface area (Å²) in [5, 5.41) is 3.05. The maximum absolute atomic E-state index is 12.7. The standard InChI is InChI=1S/C22H32N2O4S/c1-14-9-8-11-18(15(14)2)23-21(26)16(3)28-22(27)17-10-6-7-12-19(17)29-13-20(25)24(4)5/h6-7,10,12,14-16,18H,8-9,11,13H2,1-5H3,(H,23,26)/t14-,15+,16+,18-/m0/s1. The second-order valence-corrected chi connectivity index (χ2v) is 9.02. The van der Waals surface area contributed by atoms with Crippen molar-refractivity contribution in [2.24, 2.45) is 11.8 Å². The largest absolute Gasteiger partial charge is 0.449 e. The molecule has 4 atom stereocenters. The summed E-state index contributed by atoms with van der Waals surface area (Å²) in [4.78, 5) is 39.2. The summed E-state index contributed by atoms with van der Waals surface area (Å²) in [5.41, 5.74) is 0.364. The van der Waals surface area contributed by atoms with Crippen LogP contribution in [0.4, 0.5) is 0 Å². The molecule has 0 spiro atoms. The molecule has 1 aliphatic carbocycles. The van der Waals surface area contributed by atoms with Crippen LogP contribution in [0.3, 0.4) is 0 Å². The zero-order valence-corrected chi connectivity index (χ0v) is 18.8. The summed E-state index contributed by atoms with van der Waals surface area (Å²) >= 11 is 1.28. The summed E-state index contributed by atoms with van der Waals surface area (Å²) in [7, 11) is 3.38. The second-order valence-electron chi connectivity index (χ2n) is 8.00. The summed E-state index contributed by atoms with van der Waals surface area (Å²) in [6.45, 7) is 5.96. The Morgan fingerprint density at radius 2 is 1.90 bits per heavy atom. The number of hydrogen-bond acceptors (Lipinski definition) is 5. The second kappa shape index (κ2) is 10.7. The van der Waals surface area contributed by atoms with Crippen LogP contribution in [0, 0.1) is 11.8 Å². The van der Waals surface area contributed by atoms with Crippen molar-refractivity contribution in [3.63, 3.8) is 0 Å². The van der Waals surface area contributed by atoms with E-state index in [1.807, 2.05) is 0 Å². The molecule has 0 aromatic heterocycles. The fourth-order valence-corrected chi connectivity index (χ4v) is 4.41. The van der Waals surface area contributed by atoms with Crippen LogP contribution < -0.4 is 5.32 Å². The van der Waals surface area contributed by atoms with Gasteiger partial charge in [-0.15, -0.1) is 11.8 Å². The summed E-state index contributed by atoms with van der Waals surface area (Å²) in [6.07, 6.45) is 2.36. The number of esters is 1. The number of carbonyl (C=O) groups is 3. The van der Waals surface area contributed by atoms with E-state index in [1.165, 1.54) is 23.1 Å². The molecule has 1 N–H and O–H groups in total. The fraction of sp³-hybridized carbons (Fsp3) is 0.591. The highest BCUT2D eigenvalue weighted by Crippen LogP contribution is 2.29. The highest BCUT2D eigenvalue weighted by atomic mass is 32.2. The minimum absolute atomic E-state index is 0.0400. The van der Waals surface area contributed by atoms with Crippen LogP contribution in [-0.2, 0) is 14.3 Å². The van der Waals surface area contributed by atoms with Gasteiger partial charge in [0.1, 0.15) is 0 Å². The third-order valence-electron chi connectivity index (χ3n) is 5.64. The Labute approximate surface area is 177 Å². The van der Waals surface area contributed by atoms with Crippen molar-refractivity contribution in [3.8, 4) is 0 Å². The monoisotopic (exact) mass is 420 g/mol. The predicted molar refractivity (Wildman–Crippen MR) is 115 cm³/mol. The lowest BCUT2D eigenvalue weighted by atomic mass is 9.78.